The molecular formula is C14H22BrClN2OS. The number of thioether (sulfide) groups is 1. The number of anilines is 2. The zero-order valence-corrected chi connectivity index (χ0v) is 15.3. The van der Waals surface area contributed by atoms with E-state index >= 15 is 0 Å². The zero-order chi connectivity index (χ0) is 14.4. The number of halogens is 2. The van der Waals surface area contributed by atoms with Crippen LogP contribution in [0.1, 0.15) is 25.8 Å². The van der Waals surface area contributed by atoms with E-state index in [4.69, 9.17) is 5.73 Å². The van der Waals surface area contributed by atoms with Gasteiger partial charge in [0, 0.05) is 4.47 Å². The van der Waals surface area contributed by atoms with Gasteiger partial charge in [-0.3, -0.25) is 4.79 Å². The van der Waals surface area contributed by atoms with E-state index < -0.39 is 0 Å². The van der Waals surface area contributed by atoms with Crippen LogP contribution in [0.2, 0.25) is 0 Å². The fraction of sp³-hybridized carbons (Fsp3) is 0.500. The molecule has 0 aromatic heterocycles. The normalized spacial score (nSPS) is 10.2. The lowest BCUT2D eigenvalue weighted by atomic mass is 10.2. The first kappa shape index (κ1) is 19.6. The number of nitrogens with one attached hydrogen (secondary N) is 1. The molecule has 20 heavy (non-hydrogen) atoms. The summed E-state index contributed by atoms with van der Waals surface area (Å²) in [5, 5.41) is 2.87. The van der Waals surface area contributed by atoms with Crippen molar-refractivity contribution in [2.75, 3.05) is 22.6 Å². The van der Waals surface area contributed by atoms with Crippen LogP contribution >= 0.6 is 40.1 Å². The van der Waals surface area contributed by atoms with E-state index in [1.165, 1.54) is 0 Å². The lowest BCUT2D eigenvalue weighted by Gasteiger charge is -2.11. The fourth-order valence-corrected chi connectivity index (χ4v) is 3.14. The van der Waals surface area contributed by atoms with Gasteiger partial charge < -0.3 is 11.1 Å². The van der Waals surface area contributed by atoms with Gasteiger partial charge in [-0.1, -0.05) is 29.8 Å². The van der Waals surface area contributed by atoms with Crippen molar-refractivity contribution in [1.29, 1.82) is 0 Å². The summed E-state index contributed by atoms with van der Waals surface area (Å²) in [4.78, 5) is 11.8. The van der Waals surface area contributed by atoms with E-state index in [0.717, 1.165) is 22.2 Å². The van der Waals surface area contributed by atoms with E-state index in [1.54, 1.807) is 11.8 Å². The second kappa shape index (κ2) is 9.53. The Morgan fingerprint density at radius 2 is 2.10 bits per heavy atom. The monoisotopic (exact) mass is 380 g/mol. The van der Waals surface area contributed by atoms with Gasteiger partial charge in [0.15, 0.2) is 0 Å². The van der Waals surface area contributed by atoms with Gasteiger partial charge in [0.25, 0.3) is 0 Å². The van der Waals surface area contributed by atoms with Crippen LogP contribution in [0.3, 0.4) is 0 Å². The Labute approximate surface area is 140 Å². The molecule has 1 amide bonds. The number of rotatable bonds is 6. The molecule has 0 aliphatic heterocycles. The molecular weight excluding hydrogens is 360 g/mol. The molecule has 0 fully saturated rings. The van der Waals surface area contributed by atoms with Gasteiger partial charge in [0.2, 0.25) is 5.91 Å². The first-order valence-electron chi connectivity index (χ1n) is 6.33. The predicted octanol–water partition coefficient (Wildman–Crippen LogP) is 4.48. The number of carbonyl (C=O) groups excluding carboxylic acids is 1. The molecule has 0 aliphatic carbocycles. The average Bonchev–Trinajstić information content (AvgIpc) is 2.31. The highest BCUT2D eigenvalue weighted by Crippen LogP contribution is 2.27. The fourth-order valence-electron chi connectivity index (χ4n) is 1.53. The van der Waals surface area contributed by atoms with E-state index in [1.807, 2.05) is 19.1 Å². The molecule has 0 saturated heterocycles. The Hall–Kier alpha value is -0.390. The molecule has 0 spiro atoms. The third-order valence-corrected chi connectivity index (χ3v) is 4.15. The summed E-state index contributed by atoms with van der Waals surface area (Å²) in [6, 6.07) is 3.77. The van der Waals surface area contributed by atoms with Crippen LogP contribution in [0.15, 0.2) is 16.6 Å². The second-order valence-corrected chi connectivity index (χ2v) is 6.99. The summed E-state index contributed by atoms with van der Waals surface area (Å²) >= 11 is 5.06. The molecule has 3 nitrogen and oxygen atoms in total. The first-order chi connectivity index (χ1) is 8.90. The SMILES string of the molecule is Cc1cc(Br)cc(NC(=O)CSCCC(C)C)c1N.Cl. The third kappa shape index (κ3) is 6.86. The van der Waals surface area contributed by atoms with Crippen LogP contribution in [-0.2, 0) is 4.79 Å². The van der Waals surface area contributed by atoms with Crippen molar-refractivity contribution in [3.05, 3.63) is 22.2 Å². The quantitative estimate of drug-likeness (QED) is 0.564. The molecule has 0 atom stereocenters. The minimum Gasteiger partial charge on any atom is -0.397 e. The topological polar surface area (TPSA) is 55.1 Å². The highest BCUT2D eigenvalue weighted by molar-refractivity contribution is 9.10. The summed E-state index contributed by atoms with van der Waals surface area (Å²) in [6.07, 6.45) is 1.13. The molecule has 0 bridgehead atoms. The largest absolute Gasteiger partial charge is 0.397 e. The van der Waals surface area contributed by atoms with E-state index in [2.05, 4.69) is 35.1 Å². The first-order valence-corrected chi connectivity index (χ1v) is 8.28. The van der Waals surface area contributed by atoms with Crippen LogP contribution in [0.5, 0.6) is 0 Å². The maximum atomic E-state index is 11.8. The Bertz CT molecular complexity index is 455. The molecule has 0 heterocycles. The van der Waals surface area contributed by atoms with E-state index in [9.17, 15) is 4.79 Å². The average molecular weight is 382 g/mol. The van der Waals surface area contributed by atoms with Gasteiger partial charge in [0.1, 0.15) is 0 Å². The zero-order valence-electron chi connectivity index (χ0n) is 12.0. The molecule has 0 aliphatic rings. The second-order valence-electron chi connectivity index (χ2n) is 4.97. The van der Waals surface area contributed by atoms with Crippen molar-refractivity contribution in [1.82, 2.24) is 0 Å². The van der Waals surface area contributed by atoms with Crippen molar-refractivity contribution in [2.45, 2.75) is 27.2 Å². The Morgan fingerprint density at radius 1 is 1.45 bits per heavy atom. The maximum Gasteiger partial charge on any atom is 0.234 e. The summed E-state index contributed by atoms with van der Waals surface area (Å²) in [7, 11) is 0. The van der Waals surface area contributed by atoms with Crippen molar-refractivity contribution < 1.29 is 4.79 Å². The van der Waals surface area contributed by atoms with Crippen LogP contribution < -0.4 is 11.1 Å². The van der Waals surface area contributed by atoms with Crippen LogP contribution in [0.25, 0.3) is 0 Å². The Kier molecular flexibility index (Phi) is 9.34. The molecule has 6 heteroatoms. The number of benzene rings is 1. The summed E-state index contributed by atoms with van der Waals surface area (Å²) in [5.41, 5.74) is 8.22. The van der Waals surface area contributed by atoms with Crippen molar-refractivity contribution in [3.63, 3.8) is 0 Å². The maximum absolute atomic E-state index is 11.8. The van der Waals surface area contributed by atoms with Crippen LogP contribution in [0.4, 0.5) is 11.4 Å². The van der Waals surface area contributed by atoms with Gasteiger partial charge in [-0.2, -0.15) is 11.8 Å². The highest BCUT2D eigenvalue weighted by Gasteiger charge is 2.08. The third-order valence-electron chi connectivity index (χ3n) is 2.70. The summed E-state index contributed by atoms with van der Waals surface area (Å²) in [5.74, 6) is 2.16. The number of nitrogen functional groups attached to an aromatic ring is 1. The standard InChI is InChI=1S/C14H21BrN2OS.ClH/c1-9(2)4-5-19-8-13(18)17-12-7-11(15)6-10(3)14(12)16;/h6-7,9H,4-5,8,16H2,1-3H3,(H,17,18);1H. The molecule has 0 radical (unpaired) electrons. The van der Waals surface area contributed by atoms with Crippen molar-refractivity contribution in [2.24, 2.45) is 5.92 Å². The van der Waals surface area contributed by atoms with Gasteiger partial charge in [-0.15, -0.1) is 12.4 Å². The predicted molar refractivity (Wildman–Crippen MR) is 95.9 cm³/mol. The lowest BCUT2D eigenvalue weighted by Crippen LogP contribution is -2.16. The number of aryl methyl sites for hydroxylation is 1. The number of amides is 1. The molecule has 1 aromatic carbocycles. The van der Waals surface area contributed by atoms with Crippen LogP contribution in [0, 0.1) is 12.8 Å². The van der Waals surface area contributed by atoms with Gasteiger partial charge in [0.05, 0.1) is 17.1 Å². The van der Waals surface area contributed by atoms with Gasteiger partial charge in [-0.25, -0.2) is 0 Å². The molecule has 1 rings (SSSR count). The Balaban J connectivity index is 0.00000361. The Morgan fingerprint density at radius 3 is 2.70 bits per heavy atom. The molecule has 0 unspecified atom stereocenters. The van der Waals surface area contributed by atoms with E-state index in [-0.39, 0.29) is 18.3 Å². The molecule has 0 saturated carbocycles. The van der Waals surface area contributed by atoms with Gasteiger partial charge >= 0.3 is 0 Å². The van der Waals surface area contributed by atoms with Crippen molar-refractivity contribution >= 4 is 57.4 Å². The molecule has 1 aromatic rings. The minimum absolute atomic E-state index is 0. The minimum atomic E-state index is -0.00189. The number of nitrogens with two attached hydrogens (primary N) is 1. The molecule has 3 N–H and O–H groups in total. The van der Waals surface area contributed by atoms with E-state index in [0.29, 0.717) is 23.0 Å². The van der Waals surface area contributed by atoms with Crippen LogP contribution in [-0.4, -0.2) is 17.4 Å². The summed E-state index contributed by atoms with van der Waals surface area (Å²) in [6.45, 7) is 6.30. The number of hydrogen-bond donors (Lipinski definition) is 2. The van der Waals surface area contributed by atoms with Gasteiger partial charge in [-0.05, 0) is 42.7 Å². The summed E-state index contributed by atoms with van der Waals surface area (Å²) < 4.78 is 0.918. The van der Waals surface area contributed by atoms with Crippen molar-refractivity contribution in [3.8, 4) is 0 Å². The highest BCUT2D eigenvalue weighted by atomic mass is 79.9. The smallest absolute Gasteiger partial charge is 0.234 e. The molecule has 114 valence electrons. The number of hydrogen-bond acceptors (Lipinski definition) is 3. The number of carbonyl (C=O) groups is 1. The lowest BCUT2D eigenvalue weighted by molar-refractivity contribution is -0.113.